The van der Waals surface area contributed by atoms with Crippen molar-refractivity contribution in [3.63, 3.8) is 0 Å². The normalized spacial score (nSPS) is 13.8. The Hall–Kier alpha value is -1.36. The molecule has 3 nitrogen and oxygen atoms in total. The van der Waals surface area contributed by atoms with Crippen molar-refractivity contribution in [2.24, 2.45) is 0 Å². The van der Waals surface area contributed by atoms with Crippen LogP contribution in [0.25, 0.3) is 0 Å². The number of halogens is 7. The zero-order valence-electron chi connectivity index (χ0n) is 9.17. The van der Waals surface area contributed by atoms with Crippen LogP contribution in [0.1, 0.15) is 0 Å². The maximum atomic E-state index is 12.5. The highest BCUT2D eigenvalue weighted by Crippen LogP contribution is 2.37. The Balaban J connectivity index is 3.13. The predicted octanol–water partition coefficient (Wildman–Crippen LogP) is 3.02. The highest BCUT2D eigenvalue weighted by molar-refractivity contribution is 7.86. The number of alkyl halides is 6. The highest BCUT2D eigenvalue weighted by atomic mass is 32.2. The first kappa shape index (κ1) is 16.7. The molecule has 11 heteroatoms. The van der Waals surface area contributed by atoms with Gasteiger partial charge in [0.1, 0.15) is 5.82 Å². The number of benzene rings is 1. The molecule has 0 fully saturated rings. The summed E-state index contributed by atoms with van der Waals surface area (Å²) < 4.78 is 111. The lowest BCUT2D eigenvalue weighted by Crippen LogP contribution is -2.45. The summed E-state index contributed by atoms with van der Waals surface area (Å²) in [5, 5.41) is 0. The van der Waals surface area contributed by atoms with E-state index >= 15 is 0 Å². The first-order valence-electron chi connectivity index (χ1n) is 4.66. The molecule has 0 saturated carbocycles. The molecule has 114 valence electrons. The molecule has 0 bridgehead atoms. The molecule has 0 aliphatic rings. The molecule has 0 amide bonds. The van der Waals surface area contributed by atoms with Gasteiger partial charge in [-0.3, -0.25) is 0 Å². The fraction of sp³-hybridized carbons (Fsp3) is 0.333. The van der Waals surface area contributed by atoms with Crippen LogP contribution in [0, 0.1) is 5.82 Å². The fourth-order valence-corrected chi connectivity index (χ4v) is 2.13. The third-order valence-corrected chi connectivity index (χ3v) is 3.22. The summed E-state index contributed by atoms with van der Waals surface area (Å²) in [5.41, 5.74) is 0. The van der Waals surface area contributed by atoms with Crippen molar-refractivity contribution in [2.75, 3.05) is 0 Å². The van der Waals surface area contributed by atoms with Crippen molar-refractivity contribution < 1.29 is 43.3 Å². The Morgan fingerprint density at radius 1 is 0.900 bits per heavy atom. The van der Waals surface area contributed by atoms with Crippen LogP contribution in [0.3, 0.4) is 0 Å². The van der Waals surface area contributed by atoms with E-state index in [2.05, 4.69) is 4.18 Å². The SMILES string of the molecule is O=S(=O)(OC(C(F)(F)F)C(F)(F)F)c1ccc(F)cc1. The van der Waals surface area contributed by atoms with Gasteiger partial charge in [0, 0.05) is 0 Å². The zero-order valence-corrected chi connectivity index (χ0v) is 9.98. The molecule has 0 atom stereocenters. The molecule has 0 aliphatic heterocycles. The lowest BCUT2D eigenvalue weighted by Gasteiger charge is -2.22. The molecule has 0 spiro atoms. The molecule has 1 aromatic carbocycles. The van der Waals surface area contributed by atoms with Crippen molar-refractivity contribution >= 4 is 10.1 Å². The first-order valence-corrected chi connectivity index (χ1v) is 6.07. The van der Waals surface area contributed by atoms with E-state index in [1.807, 2.05) is 0 Å². The molecule has 0 aliphatic carbocycles. The van der Waals surface area contributed by atoms with Gasteiger partial charge in [-0.2, -0.15) is 34.8 Å². The van der Waals surface area contributed by atoms with Crippen LogP contribution in [0.15, 0.2) is 29.2 Å². The molecule has 0 unspecified atom stereocenters. The summed E-state index contributed by atoms with van der Waals surface area (Å²) in [6.07, 6.45) is -16.4. The molecule has 0 aromatic heterocycles. The lowest BCUT2D eigenvalue weighted by molar-refractivity contribution is -0.299. The minimum Gasteiger partial charge on any atom is -0.244 e. The Morgan fingerprint density at radius 2 is 1.30 bits per heavy atom. The molecular formula is C9H5F7O3S. The second-order valence-electron chi connectivity index (χ2n) is 3.47. The van der Waals surface area contributed by atoms with Crippen molar-refractivity contribution in [3.05, 3.63) is 30.1 Å². The quantitative estimate of drug-likeness (QED) is 0.633. The van der Waals surface area contributed by atoms with E-state index in [9.17, 15) is 39.2 Å². The third-order valence-electron chi connectivity index (χ3n) is 1.92. The van der Waals surface area contributed by atoms with Crippen LogP contribution < -0.4 is 0 Å². The third kappa shape index (κ3) is 4.07. The van der Waals surface area contributed by atoms with E-state index in [1.54, 1.807) is 0 Å². The molecule has 1 aromatic rings. The average Bonchev–Trinajstić information content (AvgIpc) is 2.23. The minimum atomic E-state index is -5.97. The Labute approximate surface area is 108 Å². The Kier molecular flexibility index (Phi) is 4.34. The van der Waals surface area contributed by atoms with Crippen molar-refractivity contribution in [3.8, 4) is 0 Å². The van der Waals surface area contributed by atoms with E-state index in [1.165, 1.54) is 0 Å². The van der Waals surface area contributed by atoms with Crippen LogP contribution in [0.4, 0.5) is 30.7 Å². The van der Waals surface area contributed by atoms with Crippen LogP contribution in [-0.4, -0.2) is 26.9 Å². The summed E-state index contributed by atoms with van der Waals surface area (Å²) in [6, 6.07) is 2.06. The highest BCUT2D eigenvalue weighted by Gasteiger charge is 2.60. The largest absolute Gasteiger partial charge is 0.425 e. The van der Waals surface area contributed by atoms with Crippen molar-refractivity contribution in [1.82, 2.24) is 0 Å². The average molecular weight is 326 g/mol. The first-order chi connectivity index (χ1) is 8.84. The zero-order chi connectivity index (χ0) is 15.8. The van der Waals surface area contributed by atoms with E-state index < -0.39 is 39.3 Å². The van der Waals surface area contributed by atoms with Gasteiger partial charge in [-0.15, -0.1) is 0 Å². The van der Waals surface area contributed by atoms with Gasteiger partial charge in [-0.25, -0.2) is 8.57 Å². The maximum absolute atomic E-state index is 12.5. The van der Waals surface area contributed by atoms with Gasteiger partial charge in [-0.1, -0.05) is 0 Å². The van der Waals surface area contributed by atoms with Gasteiger partial charge in [0.15, 0.2) is 0 Å². The van der Waals surface area contributed by atoms with Gasteiger partial charge in [0.25, 0.3) is 16.2 Å². The molecular weight excluding hydrogens is 321 g/mol. The van der Waals surface area contributed by atoms with Crippen molar-refractivity contribution in [2.45, 2.75) is 23.4 Å². The molecule has 0 N–H and O–H groups in total. The lowest BCUT2D eigenvalue weighted by atomic mass is 10.3. The molecule has 0 radical (unpaired) electrons. The molecule has 0 heterocycles. The number of hydrogen-bond acceptors (Lipinski definition) is 3. The molecule has 20 heavy (non-hydrogen) atoms. The monoisotopic (exact) mass is 326 g/mol. The van der Waals surface area contributed by atoms with Crippen LogP contribution in [0.5, 0.6) is 0 Å². The second kappa shape index (κ2) is 5.20. The van der Waals surface area contributed by atoms with E-state index in [0.29, 0.717) is 24.3 Å². The summed E-state index contributed by atoms with van der Waals surface area (Å²) in [5.74, 6) is -0.924. The number of hydrogen-bond donors (Lipinski definition) is 0. The number of rotatable bonds is 3. The van der Waals surface area contributed by atoms with Crippen LogP contribution in [0.2, 0.25) is 0 Å². The Morgan fingerprint density at radius 3 is 1.65 bits per heavy atom. The van der Waals surface area contributed by atoms with Gasteiger partial charge in [0.05, 0.1) is 4.90 Å². The predicted molar refractivity (Wildman–Crippen MR) is 50.6 cm³/mol. The van der Waals surface area contributed by atoms with Gasteiger partial charge >= 0.3 is 12.4 Å². The van der Waals surface area contributed by atoms with Crippen LogP contribution >= 0.6 is 0 Å². The Bertz CT molecular complexity index is 545. The minimum absolute atomic E-state index is 0.481. The second-order valence-corrected chi connectivity index (χ2v) is 5.04. The summed E-state index contributed by atoms with van der Waals surface area (Å²) in [6.45, 7) is 0. The fourth-order valence-electron chi connectivity index (χ4n) is 1.08. The van der Waals surface area contributed by atoms with Crippen LogP contribution in [-0.2, 0) is 14.3 Å². The summed E-state index contributed by atoms with van der Waals surface area (Å²) >= 11 is 0. The van der Waals surface area contributed by atoms with E-state index in [4.69, 9.17) is 0 Å². The van der Waals surface area contributed by atoms with Crippen molar-refractivity contribution in [1.29, 1.82) is 0 Å². The summed E-state index contributed by atoms with van der Waals surface area (Å²) in [7, 11) is -5.35. The topological polar surface area (TPSA) is 43.4 Å². The summed E-state index contributed by atoms with van der Waals surface area (Å²) in [4.78, 5) is -1.03. The van der Waals surface area contributed by atoms with Gasteiger partial charge in [-0.05, 0) is 24.3 Å². The maximum Gasteiger partial charge on any atom is 0.425 e. The van der Waals surface area contributed by atoms with E-state index in [-0.39, 0.29) is 0 Å². The molecule has 0 saturated heterocycles. The van der Waals surface area contributed by atoms with Gasteiger partial charge < -0.3 is 0 Å². The smallest absolute Gasteiger partial charge is 0.244 e. The van der Waals surface area contributed by atoms with E-state index in [0.717, 1.165) is 0 Å². The standard InChI is InChI=1S/C9H5F7O3S/c10-5-1-3-6(4-2-5)20(17,18)19-7(8(11,12)13)9(14,15)16/h1-4,7H. The van der Waals surface area contributed by atoms with Gasteiger partial charge in [0.2, 0.25) is 0 Å². The molecule has 1 rings (SSSR count).